The summed E-state index contributed by atoms with van der Waals surface area (Å²) in [6, 6.07) is 13.2. The number of anilines is 1. The zero-order valence-electron chi connectivity index (χ0n) is 19.4. The summed E-state index contributed by atoms with van der Waals surface area (Å²) in [4.78, 5) is 7.66. The fourth-order valence-corrected chi connectivity index (χ4v) is 5.10. The van der Waals surface area contributed by atoms with Gasteiger partial charge in [0.15, 0.2) is 0 Å². The number of H-pyrrole nitrogens is 1. The molecule has 1 N–H and O–H groups in total. The molecule has 1 aliphatic heterocycles. The van der Waals surface area contributed by atoms with Crippen LogP contribution in [0.15, 0.2) is 36.4 Å². The molecule has 5 rings (SSSR count). The maximum Gasteiger partial charge on any atom is 0.132 e. The molecule has 0 saturated carbocycles. The Kier molecular flexibility index (Phi) is 5.21. The van der Waals surface area contributed by atoms with Crippen molar-refractivity contribution in [2.45, 2.75) is 53.5 Å². The van der Waals surface area contributed by atoms with Crippen molar-refractivity contribution in [3.8, 4) is 11.3 Å². The largest absolute Gasteiger partial charge is 0.367 e. The van der Waals surface area contributed by atoms with Gasteiger partial charge >= 0.3 is 0 Å². The summed E-state index contributed by atoms with van der Waals surface area (Å²) < 4.78 is 0. The number of rotatable bonds is 3. The SMILES string of the molecule is Cc1ccc(C(C)C)cc1N1CCc2nc(-c3c(C)ccc4n[nH]c(Cl)c34)cc(C)c2C1. The van der Waals surface area contributed by atoms with Gasteiger partial charge in [0.05, 0.1) is 11.2 Å². The molecule has 0 radical (unpaired) electrons. The summed E-state index contributed by atoms with van der Waals surface area (Å²) in [6.45, 7) is 12.9. The van der Waals surface area contributed by atoms with E-state index in [0.29, 0.717) is 11.1 Å². The van der Waals surface area contributed by atoms with E-state index in [9.17, 15) is 0 Å². The summed E-state index contributed by atoms with van der Waals surface area (Å²) in [5.41, 5.74) is 12.0. The van der Waals surface area contributed by atoms with Crippen LogP contribution in [0.3, 0.4) is 0 Å². The molecule has 1 aliphatic rings. The molecule has 0 fully saturated rings. The van der Waals surface area contributed by atoms with Gasteiger partial charge in [-0.3, -0.25) is 10.1 Å². The number of halogens is 1. The third-order valence-corrected chi connectivity index (χ3v) is 7.06. The first kappa shape index (κ1) is 21.0. The van der Waals surface area contributed by atoms with Crippen LogP contribution in [0.1, 0.15) is 53.3 Å². The van der Waals surface area contributed by atoms with Crippen molar-refractivity contribution in [1.29, 1.82) is 0 Å². The van der Waals surface area contributed by atoms with E-state index in [4.69, 9.17) is 16.6 Å². The monoisotopic (exact) mass is 444 g/mol. The number of nitrogens with zero attached hydrogens (tertiary/aromatic N) is 3. The van der Waals surface area contributed by atoms with Crippen molar-refractivity contribution >= 4 is 28.2 Å². The van der Waals surface area contributed by atoms with Gasteiger partial charge in [-0.15, -0.1) is 0 Å². The van der Waals surface area contributed by atoms with Gasteiger partial charge in [-0.1, -0.05) is 43.6 Å². The van der Waals surface area contributed by atoms with Crippen molar-refractivity contribution in [1.82, 2.24) is 15.2 Å². The first-order valence-electron chi connectivity index (χ1n) is 11.3. The van der Waals surface area contributed by atoms with Gasteiger partial charge in [0.25, 0.3) is 0 Å². The fourth-order valence-electron chi connectivity index (χ4n) is 4.86. The number of fused-ring (bicyclic) bond motifs is 2. The topological polar surface area (TPSA) is 44.8 Å². The van der Waals surface area contributed by atoms with Crippen molar-refractivity contribution in [2.24, 2.45) is 0 Å². The highest BCUT2D eigenvalue weighted by atomic mass is 35.5. The molecule has 0 saturated heterocycles. The highest BCUT2D eigenvalue weighted by Crippen LogP contribution is 2.37. The van der Waals surface area contributed by atoms with E-state index in [1.165, 1.54) is 33.6 Å². The predicted molar refractivity (Wildman–Crippen MR) is 134 cm³/mol. The minimum Gasteiger partial charge on any atom is -0.367 e. The molecule has 0 aliphatic carbocycles. The number of hydrogen-bond acceptors (Lipinski definition) is 3. The second kappa shape index (κ2) is 7.93. The second-order valence-corrected chi connectivity index (χ2v) is 9.69. The van der Waals surface area contributed by atoms with E-state index in [1.54, 1.807) is 0 Å². The number of nitrogens with one attached hydrogen (secondary N) is 1. The van der Waals surface area contributed by atoms with E-state index in [-0.39, 0.29) is 0 Å². The van der Waals surface area contributed by atoms with E-state index >= 15 is 0 Å². The molecule has 3 heterocycles. The Morgan fingerprint density at radius 3 is 2.56 bits per heavy atom. The van der Waals surface area contributed by atoms with Crippen LogP contribution in [-0.2, 0) is 13.0 Å². The number of benzene rings is 2. The zero-order chi connectivity index (χ0) is 22.6. The van der Waals surface area contributed by atoms with Gasteiger partial charge in [0, 0.05) is 41.8 Å². The van der Waals surface area contributed by atoms with E-state index in [1.807, 2.05) is 6.07 Å². The molecule has 0 atom stereocenters. The van der Waals surface area contributed by atoms with Gasteiger partial charge in [-0.05, 0) is 72.7 Å². The molecule has 4 aromatic rings. The lowest BCUT2D eigenvalue weighted by Gasteiger charge is -2.33. The van der Waals surface area contributed by atoms with Crippen LogP contribution in [0.5, 0.6) is 0 Å². The molecule has 164 valence electrons. The average Bonchev–Trinajstić information content (AvgIpc) is 3.14. The summed E-state index contributed by atoms with van der Waals surface area (Å²) in [6.07, 6.45) is 0.934. The first-order chi connectivity index (χ1) is 15.3. The Labute approximate surface area is 194 Å². The van der Waals surface area contributed by atoms with Gasteiger partial charge in [-0.2, -0.15) is 5.10 Å². The van der Waals surface area contributed by atoms with Crippen LogP contribution in [0.2, 0.25) is 5.15 Å². The number of pyridine rings is 1. The summed E-state index contributed by atoms with van der Waals surface area (Å²) in [5, 5.41) is 8.78. The predicted octanol–water partition coefficient (Wildman–Crippen LogP) is 6.89. The van der Waals surface area contributed by atoms with Gasteiger partial charge in [-0.25, -0.2) is 0 Å². The van der Waals surface area contributed by atoms with Crippen LogP contribution in [-0.4, -0.2) is 21.7 Å². The molecule has 2 aromatic carbocycles. The highest BCUT2D eigenvalue weighted by molar-refractivity contribution is 6.35. The molecule has 2 aromatic heterocycles. The molecule has 5 heteroatoms. The number of aromatic amines is 1. The normalized spacial score (nSPS) is 13.8. The summed E-state index contributed by atoms with van der Waals surface area (Å²) in [7, 11) is 0. The van der Waals surface area contributed by atoms with Crippen molar-refractivity contribution in [3.63, 3.8) is 0 Å². The van der Waals surface area contributed by atoms with Crippen molar-refractivity contribution in [2.75, 3.05) is 11.4 Å². The summed E-state index contributed by atoms with van der Waals surface area (Å²) in [5.74, 6) is 0.526. The average molecular weight is 445 g/mol. The molecule has 0 spiro atoms. The van der Waals surface area contributed by atoms with Crippen LogP contribution < -0.4 is 4.90 Å². The zero-order valence-corrected chi connectivity index (χ0v) is 20.1. The molecule has 0 amide bonds. The second-order valence-electron chi connectivity index (χ2n) is 9.31. The highest BCUT2D eigenvalue weighted by Gasteiger charge is 2.23. The Bertz CT molecular complexity index is 1340. The molecule has 4 nitrogen and oxygen atoms in total. The Hall–Kier alpha value is -2.85. The van der Waals surface area contributed by atoms with Crippen molar-refractivity contribution in [3.05, 3.63) is 75.1 Å². The molecular weight excluding hydrogens is 416 g/mol. The third-order valence-electron chi connectivity index (χ3n) is 6.78. The van der Waals surface area contributed by atoms with Crippen LogP contribution in [0.25, 0.3) is 22.2 Å². The molecule has 0 unspecified atom stereocenters. The quantitative estimate of drug-likeness (QED) is 0.374. The lowest BCUT2D eigenvalue weighted by Crippen LogP contribution is -2.32. The Morgan fingerprint density at radius 1 is 1.00 bits per heavy atom. The smallest absolute Gasteiger partial charge is 0.132 e. The standard InChI is InChI=1S/C27H29ClN4/c1-15(2)19-8-6-16(3)24(13-19)32-11-10-21-20(14-32)18(5)12-23(29-21)25-17(4)7-9-22-26(25)27(28)31-30-22/h6-9,12-13,15H,10-11,14H2,1-5H3,(H,30,31). The van der Waals surface area contributed by atoms with Crippen LogP contribution >= 0.6 is 11.6 Å². The minimum absolute atomic E-state index is 0.526. The Morgan fingerprint density at radius 2 is 1.78 bits per heavy atom. The van der Waals surface area contributed by atoms with Gasteiger partial charge in [0.2, 0.25) is 0 Å². The molecular formula is C27H29ClN4. The number of hydrogen-bond donors (Lipinski definition) is 1. The van der Waals surface area contributed by atoms with Gasteiger partial charge in [0.1, 0.15) is 5.15 Å². The lowest BCUT2D eigenvalue weighted by atomic mass is 9.94. The van der Waals surface area contributed by atoms with Crippen molar-refractivity contribution < 1.29 is 0 Å². The molecule has 0 bridgehead atoms. The van der Waals surface area contributed by atoms with E-state index in [0.717, 1.165) is 47.2 Å². The third kappa shape index (κ3) is 3.47. The molecule has 32 heavy (non-hydrogen) atoms. The minimum atomic E-state index is 0.526. The van der Waals surface area contributed by atoms with Gasteiger partial charge < -0.3 is 4.90 Å². The maximum absolute atomic E-state index is 6.47. The number of aryl methyl sites for hydroxylation is 3. The summed E-state index contributed by atoms with van der Waals surface area (Å²) >= 11 is 6.47. The Balaban J connectivity index is 1.56. The van der Waals surface area contributed by atoms with E-state index < -0.39 is 0 Å². The first-order valence-corrected chi connectivity index (χ1v) is 11.7. The number of aromatic nitrogens is 3. The van der Waals surface area contributed by atoms with Crippen LogP contribution in [0, 0.1) is 20.8 Å². The van der Waals surface area contributed by atoms with E-state index in [2.05, 4.69) is 80.0 Å². The fraction of sp³-hybridized carbons (Fsp3) is 0.333. The lowest BCUT2D eigenvalue weighted by molar-refractivity contribution is 0.705. The van der Waals surface area contributed by atoms with Crippen LogP contribution in [0.4, 0.5) is 5.69 Å². The maximum atomic E-state index is 6.47.